The molecule has 16 aromatic rings. The second-order valence-electron chi connectivity index (χ2n) is 30.0. The number of hydrogen-bond donors (Lipinski definition) is 0. The third-order valence-corrected chi connectivity index (χ3v) is 23.1. The predicted octanol–water partition coefficient (Wildman–Crippen LogP) is 25.7. The summed E-state index contributed by atoms with van der Waals surface area (Å²) >= 11 is 0. The highest BCUT2D eigenvalue weighted by atomic mass is 14.4. The molecule has 4 aliphatic rings. The number of fused-ring (bicyclic) bond motifs is 11. The summed E-state index contributed by atoms with van der Waals surface area (Å²) in [6, 6.07) is 115. The van der Waals surface area contributed by atoms with Crippen LogP contribution in [0.15, 0.2) is 297 Å². The van der Waals surface area contributed by atoms with Crippen LogP contribution in [0.2, 0.25) is 0 Å². The van der Waals surface area contributed by atoms with Crippen molar-refractivity contribution in [2.24, 2.45) is 0 Å². The molecular weight excluding hydrogens is 1180 g/mol. The van der Waals surface area contributed by atoms with Gasteiger partial charge in [0.2, 0.25) is 0 Å². The third kappa shape index (κ3) is 7.78. The fourth-order valence-corrected chi connectivity index (χ4v) is 18.7. The van der Waals surface area contributed by atoms with E-state index in [1.807, 2.05) is 0 Å². The van der Waals surface area contributed by atoms with Crippen molar-refractivity contribution in [2.75, 3.05) is 0 Å². The molecule has 0 saturated heterocycles. The molecule has 462 valence electrons. The van der Waals surface area contributed by atoms with Crippen LogP contribution in [0.4, 0.5) is 0 Å². The van der Waals surface area contributed by atoms with E-state index >= 15 is 0 Å². The molecule has 0 spiro atoms. The van der Waals surface area contributed by atoms with Gasteiger partial charge < -0.3 is 0 Å². The van der Waals surface area contributed by atoms with Crippen molar-refractivity contribution in [3.05, 3.63) is 367 Å². The Morgan fingerprint density at radius 3 is 1.12 bits per heavy atom. The molecule has 0 heteroatoms. The molecule has 0 aliphatic heterocycles. The van der Waals surface area contributed by atoms with Crippen molar-refractivity contribution in [2.45, 2.75) is 64.7 Å². The Balaban J connectivity index is 1.06. The van der Waals surface area contributed by atoms with E-state index in [2.05, 4.69) is 346 Å². The zero-order chi connectivity index (χ0) is 65.7. The minimum Gasteiger partial charge on any atom is -0.0622 e. The van der Waals surface area contributed by atoms with Gasteiger partial charge in [-0.2, -0.15) is 0 Å². The molecule has 0 atom stereocenters. The second kappa shape index (κ2) is 20.5. The Labute approximate surface area is 571 Å². The Morgan fingerprint density at radius 2 is 0.592 bits per heavy atom. The summed E-state index contributed by atoms with van der Waals surface area (Å²) in [4.78, 5) is 0. The van der Waals surface area contributed by atoms with E-state index < -0.39 is 0 Å². The van der Waals surface area contributed by atoms with Crippen LogP contribution in [0.25, 0.3) is 143 Å². The van der Waals surface area contributed by atoms with Crippen molar-refractivity contribution in [3.63, 3.8) is 0 Å². The van der Waals surface area contributed by atoms with E-state index in [1.165, 1.54) is 213 Å². The lowest BCUT2D eigenvalue weighted by molar-refractivity contribution is 0.591. The van der Waals surface area contributed by atoms with Crippen molar-refractivity contribution in [1.82, 2.24) is 0 Å². The van der Waals surface area contributed by atoms with Crippen LogP contribution >= 0.6 is 0 Å². The lowest BCUT2D eigenvalue weighted by Gasteiger charge is -2.26. The number of benzene rings is 16. The Kier molecular flexibility index (Phi) is 11.9. The van der Waals surface area contributed by atoms with Crippen LogP contribution in [-0.4, -0.2) is 0 Å². The Bertz CT molecular complexity index is 6650. The molecule has 0 bridgehead atoms. The summed E-state index contributed by atoms with van der Waals surface area (Å²) in [6.07, 6.45) is 0. The molecule has 16 aromatic carbocycles. The molecule has 98 heavy (non-hydrogen) atoms. The minimum absolute atomic E-state index is 0.0888. The van der Waals surface area contributed by atoms with Gasteiger partial charge >= 0.3 is 0 Å². The zero-order valence-electron chi connectivity index (χ0n) is 56.3. The fourth-order valence-electron chi connectivity index (χ4n) is 18.7. The molecule has 0 nitrogen and oxygen atoms in total. The number of hydrogen-bond acceptors (Lipinski definition) is 0. The molecule has 0 radical (unpaired) electrons. The van der Waals surface area contributed by atoms with Crippen molar-refractivity contribution in [3.8, 4) is 100 Å². The summed E-state index contributed by atoms with van der Waals surface area (Å²) in [5.41, 5.74) is 29.0. The van der Waals surface area contributed by atoms with E-state index in [4.69, 9.17) is 0 Å². The summed E-state index contributed by atoms with van der Waals surface area (Å²) in [6.45, 7) is 16.7. The molecule has 0 amide bonds. The van der Waals surface area contributed by atoms with Gasteiger partial charge in [0.05, 0.1) is 0 Å². The first-order valence-electron chi connectivity index (χ1n) is 35.0. The summed E-state index contributed by atoms with van der Waals surface area (Å²) < 4.78 is 0. The summed E-state index contributed by atoms with van der Waals surface area (Å²) in [7, 11) is 0. The molecule has 0 N–H and O–H groups in total. The van der Waals surface area contributed by atoms with Crippen molar-refractivity contribution >= 4 is 43.1 Å². The Morgan fingerprint density at radius 1 is 0.214 bits per heavy atom. The van der Waals surface area contributed by atoms with Crippen molar-refractivity contribution < 1.29 is 0 Å². The van der Waals surface area contributed by atoms with Gasteiger partial charge in [0.1, 0.15) is 0 Å². The van der Waals surface area contributed by atoms with Crippen molar-refractivity contribution in [1.29, 1.82) is 0 Å². The first kappa shape index (κ1) is 56.9. The average molecular weight is 1250 g/mol. The summed E-state index contributed by atoms with van der Waals surface area (Å²) in [5.74, 6) is 0. The Hall–Kier alpha value is -11.4. The molecule has 20 rings (SSSR count). The van der Waals surface area contributed by atoms with Crippen LogP contribution in [0.5, 0.6) is 0 Å². The van der Waals surface area contributed by atoms with E-state index in [1.54, 1.807) is 0 Å². The smallest absolute Gasteiger partial charge is 0.0159 e. The van der Waals surface area contributed by atoms with Gasteiger partial charge in [0.15, 0.2) is 0 Å². The molecular formula is C98H70. The average Bonchev–Trinajstić information content (AvgIpc) is 1.51. The molecule has 4 aliphatic carbocycles. The lowest BCUT2D eigenvalue weighted by atomic mass is 9.77. The van der Waals surface area contributed by atoms with Gasteiger partial charge in [-0.25, -0.2) is 0 Å². The first-order chi connectivity index (χ1) is 47.8. The van der Waals surface area contributed by atoms with E-state index in [0.29, 0.717) is 0 Å². The van der Waals surface area contributed by atoms with E-state index in [9.17, 15) is 0 Å². The maximum absolute atomic E-state index is 2.58. The standard InChI is InChI=1S/C98H70/c1-96(2,3)63-46-48-71-77(56-63)82(58-30-14-9-15-31-58)90-72-49-50-73-89-74(51-52-75(88(72)89)93(90)87(71)68-39-21-20-36-64(68)57-28-12-8-13-29-57)91-85(59-32-16-10-17-33-59)94-83(61-45-53-80-76(54-61)66-38-25-27-43-79(66)97(80,4)5)69-40-22-23-41-70(69)84(95(94)86(92(73)91)60-34-18-11-19-35-60)62-44-47-67-65-37-24-26-42-78(65)98(6,7)81(67)55-62/h8-56H,1-7H3. The molecule has 0 saturated carbocycles. The van der Waals surface area contributed by atoms with Crippen LogP contribution in [0.1, 0.15) is 76.3 Å². The largest absolute Gasteiger partial charge is 0.0622 e. The van der Waals surface area contributed by atoms with Crippen LogP contribution in [0, 0.1) is 41.7 Å². The van der Waals surface area contributed by atoms with Crippen LogP contribution < -0.4 is 0 Å². The predicted molar refractivity (Wildman–Crippen MR) is 412 cm³/mol. The third-order valence-electron chi connectivity index (χ3n) is 23.1. The normalized spacial score (nSPS) is 13.8. The molecule has 0 heterocycles. The minimum atomic E-state index is -0.220. The van der Waals surface area contributed by atoms with Gasteiger partial charge in [0, 0.05) is 10.8 Å². The SMILES string of the molecule is CC(C)(C)c1ccc2c(-c3ccccc3-c3ccccc3)c3c(c(-c4ccccc4)c2c1)=c1ccc2c4c(ccc=3c14)=c1c(-c3ccccc3)c3c(-c4ccc5c(c4)-c4ccccc4C5(C)C)c4ccccc4c(-c4ccc5c(c4)C(C)(C)c4ccccc4-5)c3c(-c3ccccc3)c1=2. The first-order valence-corrected chi connectivity index (χ1v) is 35.0. The highest BCUT2D eigenvalue weighted by Crippen LogP contribution is 2.58. The second-order valence-corrected chi connectivity index (χ2v) is 30.0. The maximum Gasteiger partial charge on any atom is 0.0159 e. The zero-order valence-corrected chi connectivity index (χ0v) is 56.3. The lowest BCUT2D eigenvalue weighted by Crippen LogP contribution is -2.14. The van der Waals surface area contributed by atoms with E-state index in [0.717, 1.165) is 0 Å². The van der Waals surface area contributed by atoms with Gasteiger partial charge in [-0.15, -0.1) is 0 Å². The van der Waals surface area contributed by atoms with Gasteiger partial charge in [0.25, 0.3) is 0 Å². The summed E-state index contributed by atoms with van der Waals surface area (Å²) in [5, 5.41) is 20.5. The maximum atomic E-state index is 2.58. The van der Waals surface area contributed by atoms with Gasteiger partial charge in [-0.05, 0) is 236 Å². The fraction of sp³-hybridized carbons (Fsp3) is 0.102. The van der Waals surface area contributed by atoms with Crippen LogP contribution in [0.3, 0.4) is 0 Å². The highest BCUT2D eigenvalue weighted by molar-refractivity contribution is 6.29. The monoisotopic (exact) mass is 1250 g/mol. The quantitative estimate of drug-likeness (QED) is 0.140. The van der Waals surface area contributed by atoms with Gasteiger partial charge in [-0.3, -0.25) is 0 Å². The van der Waals surface area contributed by atoms with Crippen LogP contribution in [-0.2, 0) is 16.2 Å². The topological polar surface area (TPSA) is 0 Å². The molecule has 0 unspecified atom stereocenters. The number of rotatable bonds is 7. The molecule has 0 fully saturated rings. The molecule has 0 aromatic heterocycles. The van der Waals surface area contributed by atoms with Gasteiger partial charge in [-0.1, -0.05) is 328 Å². The highest BCUT2D eigenvalue weighted by Gasteiger charge is 2.38. The van der Waals surface area contributed by atoms with E-state index in [-0.39, 0.29) is 16.2 Å².